The lowest BCUT2D eigenvalue weighted by Gasteiger charge is -2.31. The summed E-state index contributed by atoms with van der Waals surface area (Å²) in [6.45, 7) is 1.86. The summed E-state index contributed by atoms with van der Waals surface area (Å²) in [7, 11) is 0. The highest BCUT2D eigenvalue weighted by atomic mass is 16.3. The zero-order valence-corrected chi connectivity index (χ0v) is 11.2. The maximum absolute atomic E-state index is 11.3. The lowest BCUT2D eigenvalue weighted by molar-refractivity contribution is -0.116. The Kier molecular flexibility index (Phi) is 4.37. The molecular weight excluding hydrogens is 242 g/mol. The first kappa shape index (κ1) is 13.8. The van der Waals surface area contributed by atoms with Crippen LogP contribution in [-0.4, -0.2) is 28.6 Å². The second-order valence-corrected chi connectivity index (χ2v) is 5.12. The molecule has 19 heavy (non-hydrogen) atoms. The number of pyridine rings is 1. The monoisotopic (exact) mass is 263 g/mol. The molecule has 1 saturated carbocycles. The first-order chi connectivity index (χ1) is 9.09. The van der Waals surface area contributed by atoms with Crippen LogP contribution in [0.3, 0.4) is 0 Å². The summed E-state index contributed by atoms with van der Waals surface area (Å²) in [6, 6.07) is 3.93. The highest BCUT2D eigenvalue weighted by Crippen LogP contribution is 2.31. The zero-order chi connectivity index (χ0) is 13.8. The summed E-state index contributed by atoms with van der Waals surface area (Å²) in [6.07, 6.45) is 5.49. The Morgan fingerprint density at radius 3 is 2.84 bits per heavy atom. The molecule has 2 rings (SSSR count). The SMILES string of the molecule is C[C@@H](O)c1cccnc1N(CC(N)=O)C1CCCC1. The fraction of sp³-hybridized carbons (Fsp3) is 0.571. The fourth-order valence-corrected chi connectivity index (χ4v) is 2.74. The number of amides is 1. The normalized spacial score (nSPS) is 17.4. The predicted octanol–water partition coefficient (Wildman–Crippen LogP) is 1.37. The number of aromatic nitrogens is 1. The maximum atomic E-state index is 11.3. The van der Waals surface area contributed by atoms with Crippen LogP contribution in [0.1, 0.15) is 44.3 Å². The van der Waals surface area contributed by atoms with Crippen molar-refractivity contribution < 1.29 is 9.90 Å². The van der Waals surface area contributed by atoms with Gasteiger partial charge in [0.1, 0.15) is 5.82 Å². The van der Waals surface area contributed by atoms with Gasteiger partial charge in [0.05, 0.1) is 12.6 Å². The van der Waals surface area contributed by atoms with Gasteiger partial charge < -0.3 is 15.7 Å². The molecule has 5 nitrogen and oxygen atoms in total. The molecule has 0 unspecified atom stereocenters. The molecule has 104 valence electrons. The number of nitrogens with zero attached hydrogens (tertiary/aromatic N) is 2. The molecule has 0 saturated heterocycles. The summed E-state index contributed by atoms with van der Waals surface area (Å²) >= 11 is 0. The molecule has 1 heterocycles. The third-order valence-electron chi connectivity index (χ3n) is 3.63. The summed E-state index contributed by atoms with van der Waals surface area (Å²) in [5.74, 6) is 0.317. The molecule has 1 aliphatic rings. The summed E-state index contributed by atoms with van der Waals surface area (Å²) in [5, 5.41) is 9.85. The average Bonchev–Trinajstić information content (AvgIpc) is 2.89. The van der Waals surface area contributed by atoms with E-state index < -0.39 is 6.10 Å². The molecule has 5 heteroatoms. The van der Waals surface area contributed by atoms with E-state index in [1.807, 2.05) is 11.0 Å². The van der Waals surface area contributed by atoms with Gasteiger partial charge in [-0.1, -0.05) is 18.9 Å². The molecule has 1 amide bonds. The second kappa shape index (κ2) is 6.02. The lowest BCUT2D eigenvalue weighted by atomic mass is 10.1. The van der Waals surface area contributed by atoms with Crippen LogP contribution >= 0.6 is 0 Å². The van der Waals surface area contributed by atoms with Crippen molar-refractivity contribution in [3.8, 4) is 0 Å². The van der Waals surface area contributed by atoms with E-state index in [2.05, 4.69) is 4.98 Å². The topological polar surface area (TPSA) is 79.5 Å². The van der Waals surface area contributed by atoms with E-state index in [1.54, 1.807) is 19.2 Å². The molecule has 1 atom stereocenters. The van der Waals surface area contributed by atoms with E-state index in [0.29, 0.717) is 11.9 Å². The molecule has 1 aromatic rings. The van der Waals surface area contributed by atoms with E-state index in [-0.39, 0.29) is 12.5 Å². The van der Waals surface area contributed by atoms with Crippen molar-refractivity contribution in [3.05, 3.63) is 23.9 Å². The third-order valence-corrected chi connectivity index (χ3v) is 3.63. The van der Waals surface area contributed by atoms with Crippen molar-refractivity contribution in [3.63, 3.8) is 0 Å². The van der Waals surface area contributed by atoms with Crippen LogP contribution in [0.25, 0.3) is 0 Å². The van der Waals surface area contributed by atoms with E-state index in [4.69, 9.17) is 5.73 Å². The van der Waals surface area contributed by atoms with Gasteiger partial charge in [0.25, 0.3) is 0 Å². The molecule has 0 aromatic carbocycles. The Morgan fingerprint density at radius 2 is 2.26 bits per heavy atom. The van der Waals surface area contributed by atoms with Gasteiger partial charge in [0, 0.05) is 17.8 Å². The zero-order valence-electron chi connectivity index (χ0n) is 11.2. The molecule has 1 aromatic heterocycles. The van der Waals surface area contributed by atoms with Crippen LogP contribution in [0.5, 0.6) is 0 Å². The Morgan fingerprint density at radius 1 is 1.58 bits per heavy atom. The number of carbonyl (C=O) groups is 1. The maximum Gasteiger partial charge on any atom is 0.237 e. The number of anilines is 1. The lowest BCUT2D eigenvalue weighted by Crippen LogP contribution is -2.41. The highest BCUT2D eigenvalue weighted by Gasteiger charge is 2.27. The molecule has 3 N–H and O–H groups in total. The van der Waals surface area contributed by atoms with Crippen LogP contribution in [0.15, 0.2) is 18.3 Å². The minimum absolute atomic E-state index is 0.154. The van der Waals surface area contributed by atoms with Crippen LogP contribution in [0, 0.1) is 0 Å². The predicted molar refractivity (Wildman–Crippen MR) is 73.7 cm³/mol. The van der Waals surface area contributed by atoms with Gasteiger partial charge in [-0.25, -0.2) is 4.98 Å². The van der Waals surface area contributed by atoms with Crippen LogP contribution in [0.4, 0.5) is 5.82 Å². The van der Waals surface area contributed by atoms with Gasteiger partial charge >= 0.3 is 0 Å². The van der Waals surface area contributed by atoms with E-state index in [0.717, 1.165) is 31.2 Å². The van der Waals surface area contributed by atoms with Gasteiger partial charge in [-0.2, -0.15) is 0 Å². The molecule has 0 radical (unpaired) electrons. The Hall–Kier alpha value is -1.62. The van der Waals surface area contributed by atoms with Crippen LogP contribution in [-0.2, 0) is 4.79 Å². The van der Waals surface area contributed by atoms with Crippen molar-refractivity contribution in [1.29, 1.82) is 0 Å². The van der Waals surface area contributed by atoms with Crippen molar-refractivity contribution in [2.24, 2.45) is 5.73 Å². The van der Waals surface area contributed by atoms with Crippen LogP contribution in [0.2, 0.25) is 0 Å². The number of rotatable bonds is 5. The molecular formula is C14H21N3O2. The first-order valence-corrected chi connectivity index (χ1v) is 6.77. The molecule has 0 spiro atoms. The Bertz CT molecular complexity index is 442. The molecule has 0 aliphatic heterocycles. The Labute approximate surface area is 113 Å². The van der Waals surface area contributed by atoms with Crippen LogP contribution < -0.4 is 10.6 Å². The smallest absolute Gasteiger partial charge is 0.237 e. The summed E-state index contributed by atoms with van der Waals surface area (Å²) in [5.41, 5.74) is 6.10. The van der Waals surface area contributed by atoms with Gasteiger partial charge in [-0.05, 0) is 25.8 Å². The number of carbonyl (C=O) groups excluding carboxylic acids is 1. The number of aliphatic hydroxyl groups is 1. The van der Waals surface area contributed by atoms with Crippen molar-refractivity contribution >= 4 is 11.7 Å². The molecule has 0 bridgehead atoms. The number of aliphatic hydroxyl groups excluding tert-OH is 1. The van der Waals surface area contributed by atoms with E-state index in [9.17, 15) is 9.90 Å². The van der Waals surface area contributed by atoms with E-state index >= 15 is 0 Å². The number of nitrogens with two attached hydrogens (primary N) is 1. The average molecular weight is 263 g/mol. The number of hydrogen-bond acceptors (Lipinski definition) is 4. The van der Waals surface area contributed by atoms with Gasteiger partial charge in [-0.15, -0.1) is 0 Å². The fourth-order valence-electron chi connectivity index (χ4n) is 2.74. The van der Waals surface area contributed by atoms with Gasteiger partial charge in [0.15, 0.2) is 0 Å². The van der Waals surface area contributed by atoms with Gasteiger partial charge in [0.2, 0.25) is 5.91 Å². The van der Waals surface area contributed by atoms with Crippen molar-refractivity contribution in [2.75, 3.05) is 11.4 Å². The van der Waals surface area contributed by atoms with Crippen molar-refractivity contribution in [1.82, 2.24) is 4.98 Å². The quantitative estimate of drug-likeness (QED) is 0.841. The third kappa shape index (κ3) is 3.23. The largest absolute Gasteiger partial charge is 0.389 e. The second-order valence-electron chi connectivity index (χ2n) is 5.12. The first-order valence-electron chi connectivity index (χ1n) is 6.77. The summed E-state index contributed by atoms with van der Waals surface area (Å²) < 4.78 is 0. The van der Waals surface area contributed by atoms with Gasteiger partial charge in [-0.3, -0.25) is 4.79 Å². The van der Waals surface area contributed by atoms with Crippen molar-refractivity contribution in [2.45, 2.75) is 44.8 Å². The Balaban J connectivity index is 2.33. The molecule has 1 aliphatic carbocycles. The minimum atomic E-state index is -0.611. The number of hydrogen-bond donors (Lipinski definition) is 2. The van der Waals surface area contributed by atoms with E-state index in [1.165, 1.54) is 0 Å². The standard InChI is InChI=1S/C14H21N3O2/c1-10(18)12-7-4-8-16-14(12)17(9-13(15)19)11-5-2-3-6-11/h4,7-8,10-11,18H,2-3,5-6,9H2,1H3,(H2,15,19)/t10-/m1/s1. The number of primary amides is 1. The summed E-state index contributed by atoms with van der Waals surface area (Å²) in [4.78, 5) is 17.6. The molecule has 1 fully saturated rings. The minimum Gasteiger partial charge on any atom is -0.389 e. The highest BCUT2D eigenvalue weighted by molar-refractivity contribution is 5.79.